The first-order chi connectivity index (χ1) is 39.5. The lowest BCUT2D eigenvalue weighted by Gasteiger charge is -2.18. The average Bonchev–Trinajstić information content (AvgIpc) is 3.46. The normalized spacial score (nSPS) is 13.2. The van der Waals surface area contributed by atoms with E-state index in [2.05, 4.69) is 179 Å². The Bertz CT molecular complexity index is 1790. The number of carbonyl (C=O) groups excluding carboxylic acids is 3. The van der Waals surface area contributed by atoms with E-state index in [0.29, 0.717) is 19.3 Å². The molecule has 0 aromatic rings. The second-order valence-corrected chi connectivity index (χ2v) is 20.9. The lowest BCUT2D eigenvalue weighted by Crippen LogP contribution is -2.30. The second kappa shape index (κ2) is 66.5. The monoisotopic (exact) mass is 1100 g/mol. The highest BCUT2D eigenvalue weighted by atomic mass is 16.6. The number of rotatable bonds is 57. The number of carbonyl (C=O) groups is 3. The van der Waals surface area contributed by atoms with Crippen molar-refractivity contribution in [2.75, 3.05) is 13.2 Å². The van der Waals surface area contributed by atoms with E-state index >= 15 is 0 Å². The molecule has 0 aliphatic rings. The van der Waals surface area contributed by atoms with Crippen LogP contribution in [0.4, 0.5) is 0 Å². The standard InChI is InChI=1S/C74H118O6/c1-4-7-10-13-16-19-21-23-25-27-29-31-33-35-36-37-38-40-41-43-45-47-49-51-53-55-58-61-64-67-73(76)79-70-71(69-78-72(75)66-63-60-57-18-15-12-9-6-3)80-74(77)68-65-62-59-56-54-52-50-48-46-44-42-39-34-32-30-28-26-24-22-20-17-14-11-8-5-2/h7-8,10-11,16-17,19-20,23-26,29-32,35-36,38-40,42-43,45-46,48,71H,4-6,9,12-15,18,21-22,27-28,33-34,37,41,44,47,49-70H2,1-3H3/b10-7-,11-8-,19-16-,20-17-,25-23-,26-24-,31-29-,32-30-,36-35-,40-38-,42-39-,45-43-,48-46-. The van der Waals surface area contributed by atoms with Gasteiger partial charge in [-0.3, -0.25) is 14.4 Å². The molecule has 0 N–H and O–H groups in total. The Morgan fingerprint density at radius 1 is 0.263 bits per heavy atom. The minimum atomic E-state index is -0.797. The molecular formula is C74H118O6. The SMILES string of the molecule is CC/C=C\C/C=C\C/C=C\C/C=C\C/C=C\C/C=C\C/C=C\CCCCCCCCCC(=O)OCC(COC(=O)CCCCCCCCCC)OC(=O)CCCCCCCC/C=C\C/C=C\C/C=C\C/C=C\C/C=C\C/C=C\CC. The molecule has 0 radical (unpaired) electrons. The number of allylic oxidation sites excluding steroid dienone is 26. The molecule has 0 heterocycles. The minimum Gasteiger partial charge on any atom is -0.462 e. The predicted octanol–water partition coefficient (Wildman–Crippen LogP) is 22.5. The molecule has 0 saturated carbocycles. The van der Waals surface area contributed by atoms with Gasteiger partial charge in [0.1, 0.15) is 13.2 Å². The van der Waals surface area contributed by atoms with Crippen LogP contribution < -0.4 is 0 Å². The van der Waals surface area contributed by atoms with Crippen molar-refractivity contribution in [3.05, 3.63) is 158 Å². The van der Waals surface area contributed by atoms with Crippen LogP contribution in [-0.4, -0.2) is 37.2 Å². The highest BCUT2D eigenvalue weighted by Gasteiger charge is 2.19. The third-order valence-electron chi connectivity index (χ3n) is 13.3. The topological polar surface area (TPSA) is 78.9 Å². The van der Waals surface area contributed by atoms with E-state index in [-0.39, 0.29) is 31.1 Å². The Kier molecular flexibility index (Phi) is 62.4. The molecular weight excluding hydrogens is 985 g/mol. The second-order valence-electron chi connectivity index (χ2n) is 20.9. The van der Waals surface area contributed by atoms with E-state index in [1.54, 1.807) is 0 Å². The van der Waals surface area contributed by atoms with Gasteiger partial charge in [-0.1, -0.05) is 281 Å². The van der Waals surface area contributed by atoms with Gasteiger partial charge in [-0.05, 0) is 128 Å². The van der Waals surface area contributed by atoms with Gasteiger partial charge in [-0.15, -0.1) is 0 Å². The molecule has 0 aliphatic heterocycles. The third kappa shape index (κ3) is 63.9. The van der Waals surface area contributed by atoms with Gasteiger partial charge >= 0.3 is 17.9 Å². The van der Waals surface area contributed by atoms with Crippen LogP contribution in [0.5, 0.6) is 0 Å². The van der Waals surface area contributed by atoms with Crippen LogP contribution in [0.15, 0.2) is 158 Å². The minimum absolute atomic E-state index is 0.0924. The molecule has 0 amide bonds. The van der Waals surface area contributed by atoms with E-state index in [1.165, 1.54) is 70.6 Å². The molecule has 0 aliphatic carbocycles. The van der Waals surface area contributed by atoms with Crippen LogP contribution >= 0.6 is 0 Å². The van der Waals surface area contributed by atoms with Crippen molar-refractivity contribution in [3.63, 3.8) is 0 Å². The van der Waals surface area contributed by atoms with Gasteiger partial charge in [0.15, 0.2) is 6.10 Å². The average molecular weight is 1100 g/mol. The maximum absolute atomic E-state index is 12.9. The maximum atomic E-state index is 12.9. The smallest absolute Gasteiger partial charge is 0.306 e. The fourth-order valence-electron chi connectivity index (χ4n) is 8.48. The van der Waals surface area contributed by atoms with Crippen LogP contribution in [0.25, 0.3) is 0 Å². The summed E-state index contributed by atoms with van der Waals surface area (Å²) in [5.74, 6) is -0.926. The first-order valence-electron chi connectivity index (χ1n) is 32.5. The van der Waals surface area contributed by atoms with Crippen molar-refractivity contribution in [1.29, 1.82) is 0 Å². The van der Waals surface area contributed by atoms with Gasteiger partial charge in [0, 0.05) is 19.3 Å². The predicted molar refractivity (Wildman–Crippen MR) is 348 cm³/mol. The van der Waals surface area contributed by atoms with Gasteiger partial charge < -0.3 is 14.2 Å². The Labute approximate surface area is 492 Å². The van der Waals surface area contributed by atoms with Gasteiger partial charge in [-0.25, -0.2) is 0 Å². The summed E-state index contributed by atoms with van der Waals surface area (Å²) in [4.78, 5) is 38.2. The van der Waals surface area contributed by atoms with Gasteiger partial charge in [-0.2, -0.15) is 0 Å². The van der Waals surface area contributed by atoms with E-state index in [1.807, 2.05) is 0 Å². The van der Waals surface area contributed by atoms with Crippen molar-refractivity contribution in [2.45, 2.75) is 277 Å². The van der Waals surface area contributed by atoms with Crippen molar-refractivity contribution >= 4 is 17.9 Å². The third-order valence-corrected chi connectivity index (χ3v) is 13.3. The molecule has 0 aromatic carbocycles. The summed E-state index contributed by atoms with van der Waals surface area (Å²) in [5, 5.41) is 0. The first-order valence-corrected chi connectivity index (χ1v) is 32.5. The first kappa shape index (κ1) is 75.0. The van der Waals surface area contributed by atoms with Crippen molar-refractivity contribution in [2.24, 2.45) is 0 Å². The zero-order valence-electron chi connectivity index (χ0n) is 51.5. The summed E-state index contributed by atoms with van der Waals surface area (Å²) >= 11 is 0. The zero-order valence-corrected chi connectivity index (χ0v) is 51.5. The van der Waals surface area contributed by atoms with E-state index < -0.39 is 6.10 Å². The number of hydrogen-bond donors (Lipinski definition) is 0. The summed E-state index contributed by atoms with van der Waals surface area (Å²) < 4.78 is 16.8. The Morgan fingerprint density at radius 3 is 0.762 bits per heavy atom. The lowest BCUT2D eigenvalue weighted by molar-refractivity contribution is -0.167. The molecule has 0 fully saturated rings. The number of unbranched alkanes of at least 4 members (excludes halogenated alkanes) is 20. The molecule has 6 heteroatoms. The summed E-state index contributed by atoms with van der Waals surface area (Å²) in [6.07, 6.45) is 96.9. The van der Waals surface area contributed by atoms with E-state index in [0.717, 1.165) is 161 Å². The summed E-state index contributed by atoms with van der Waals surface area (Å²) in [6.45, 7) is 6.36. The van der Waals surface area contributed by atoms with E-state index in [9.17, 15) is 14.4 Å². The van der Waals surface area contributed by atoms with Crippen LogP contribution in [0, 0.1) is 0 Å². The van der Waals surface area contributed by atoms with E-state index in [4.69, 9.17) is 14.2 Å². The summed E-state index contributed by atoms with van der Waals surface area (Å²) in [6, 6.07) is 0. The Morgan fingerprint density at radius 2 is 0.487 bits per heavy atom. The molecule has 0 aromatic heterocycles. The Hall–Kier alpha value is -4.97. The highest BCUT2D eigenvalue weighted by molar-refractivity contribution is 5.71. The fourth-order valence-corrected chi connectivity index (χ4v) is 8.48. The molecule has 1 unspecified atom stereocenters. The number of esters is 3. The lowest BCUT2D eigenvalue weighted by atomic mass is 10.1. The van der Waals surface area contributed by atoms with Gasteiger partial charge in [0.2, 0.25) is 0 Å². The molecule has 80 heavy (non-hydrogen) atoms. The molecule has 1 atom stereocenters. The van der Waals surface area contributed by atoms with Crippen LogP contribution in [0.3, 0.4) is 0 Å². The Balaban J connectivity index is 4.28. The molecule has 0 rings (SSSR count). The number of ether oxygens (including phenoxy) is 3. The maximum Gasteiger partial charge on any atom is 0.306 e. The molecule has 0 spiro atoms. The zero-order chi connectivity index (χ0) is 57.8. The van der Waals surface area contributed by atoms with Gasteiger partial charge in [0.05, 0.1) is 0 Å². The molecule has 450 valence electrons. The fraction of sp³-hybridized carbons (Fsp3) is 0.608. The summed E-state index contributed by atoms with van der Waals surface area (Å²) in [5.41, 5.74) is 0. The van der Waals surface area contributed by atoms with Crippen LogP contribution in [-0.2, 0) is 28.6 Å². The van der Waals surface area contributed by atoms with Crippen LogP contribution in [0.2, 0.25) is 0 Å². The van der Waals surface area contributed by atoms with Crippen molar-refractivity contribution < 1.29 is 28.6 Å². The quantitative estimate of drug-likeness (QED) is 0.0261. The highest BCUT2D eigenvalue weighted by Crippen LogP contribution is 2.14. The van der Waals surface area contributed by atoms with Gasteiger partial charge in [0.25, 0.3) is 0 Å². The largest absolute Gasteiger partial charge is 0.462 e. The summed E-state index contributed by atoms with van der Waals surface area (Å²) in [7, 11) is 0. The molecule has 0 bridgehead atoms. The van der Waals surface area contributed by atoms with Crippen molar-refractivity contribution in [1.82, 2.24) is 0 Å². The van der Waals surface area contributed by atoms with Crippen LogP contribution in [0.1, 0.15) is 271 Å². The van der Waals surface area contributed by atoms with Crippen molar-refractivity contribution in [3.8, 4) is 0 Å². The molecule has 0 saturated heterocycles. The number of hydrogen-bond acceptors (Lipinski definition) is 6. The molecule has 6 nitrogen and oxygen atoms in total.